The quantitative estimate of drug-likeness (QED) is 0.839. The highest BCUT2D eigenvalue weighted by Crippen LogP contribution is 2.28. The van der Waals surface area contributed by atoms with Gasteiger partial charge < -0.3 is 10.1 Å². The second-order valence-corrected chi connectivity index (χ2v) is 4.47. The molecule has 0 aliphatic carbocycles. The molecule has 2 heteroatoms. The fourth-order valence-corrected chi connectivity index (χ4v) is 2.17. The van der Waals surface area contributed by atoms with Crippen LogP contribution in [0.5, 0.6) is 5.75 Å². The number of hydrogen-bond donors (Lipinski definition) is 1. The third-order valence-corrected chi connectivity index (χ3v) is 3.08. The van der Waals surface area contributed by atoms with Gasteiger partial charge in [-0.15, -0.1) is 0 Å². The zero-order chi connectivity index (χ0) is 12.8. The lowest BCUT2D eigenvalue weighted by Crippen LogP contribution is -2.11. The summed E-state index contributed by atoms with van der Waals surface area (Å²) in [5.41, 5.74) is 1.32. The molecule has 0 unspecified atom stereocenters. The van der Waals surface area contributed by atoms with Crippen molar-refractivity contribution >= 4 is 10.8 Å². The molecule has 0 aliphatic heterocycles. The molecule has 0 spiro atoms. The van der Waals surface area contributed by atoms with E-state index in [0.29, 0.717) is 0 Å². The van der Waals surface area contributed by atoms with Gasteiger partial charge in [0.15, 0.2) is 0 Å². The number of nitrogens with one attached hydrogen (secondary N) is 1. The molecule has 1 N–H and O–H groups in total. The van der Waals surface area contributed by atoms with E-state index in [1.165, 1.54) is 16.3 Å². The van der Waals surface area contributed by atoms with Crippen LogP contribution in [0.3, 0.4) is 0 Å². The molecule has 96 valence electrons. The van der Waals surface area contributed by atoms with Crippen LogP contribution in [0, 0.1) is 0 Å². The molecule has 0 heterocycles. The minimum Gasteiger partial charge on any atom is -0.493 e. The monoisotopic (exact) mass is 243 g/mol. The Morgan fingerprint density at radius 2 is 1.94 bits per heavy atom. The molecule has 0 saturated carbocycles. The van der Waals surface area contributed by atoms with Crippen LogP contribution < -0.4 is 10.1 Å². The first-order valence-corrected chi connectivity index (χ1v) is 6.65. The van der Waals surface area contributed by atoms with Gasteiger partial charge >= 0.3 is 0 Å². The van der Waals surface area contributed by atoms with E-state index in [4.69, 9.17) is 4.74 Å². The van der Waals surface area contributed by atoms with Gasteiger partial charge in [-0.1, -0.05) is 37.3 Å². The van der Waals surface area contributed by atoms with Crippen molar-refractivity contribution in [3.63, 3.8) is 0 Å². The van der Waals surface area contributed by atoms with Crippen molar-refractivity contribution in [2.24, 2.45) is 0 Å². The smallest absolute Gasteiger partial charge is 0.123 e. The van der Waals surface area contributed by atoms with Crippen LogP contribution in [0.25, 0.3) is 10.8 Å². The van der Waals surface area contributed by atoms with Gasteiger partial charge in [-0.25, -0.2) is 0 Å². The van der Waals surface area contributed by atoms with Crippen LogP contribution in [0.2, 0.25) is 0 Å². The molecular formula is C16H21NO. The predicted octanol–water partition coefficient (Wildman–Crippen LogP) is 3.39. The van der Waals surface area contributed by atoms with E-state index in [1.54, 1.807) is 0 Å². The van der Waals surface area contributed by atoms with Gasteiger partial charge in [0.05, 0.1) is 6.61 Å². The fourth-order valence-electron chi connectivity index (χ4n) is 2.17. The Labute approximate surface area is 109 Å². The molecule has 0 atom stereocenters. The summed E-state index contributed by atoms with van der Waals surface area (Å²) in [6.07, 6.45) is 2.04. The molecule has 2 nitrogen and oxygen atoms in total. The third-order valence-electron chi connectivity index (χ3n) is 3.08. The summed E-state index contributed by atoms with van der Waals surface area (Å²) in [5, 5.41) is 5.80. The second-order valence-electron chi connectivity index (χ2n) is 4.47. The summed E-state index contributed by atoms with van der Waals surface area (Å²) < 4.78 is 5.86. The SMILES string of the molecule is CCCOc1ccc2ccccc2c1CCNC. The van der Waals surface area contributed by atoms with Crippen molar-refractivity contribution in [1.29, 1.82) is 0 Å². The molecule has 2 rings (SSSR count). The molecule has 0 amide bonds. The molecule has 18 heavy (non-hydrogen) atoms. The highest BCUT2D eigenvalue weighted by atomic mass is 16.5. The summed E-state index contributed by atoms with van der Waals surface area (Å²) in [6, 6.07) is 12.7. The topological polar surface area (TPSA) is 21.3 Å². The van der Waals surface area contributed by atoms with Gasteiger partial charge in [0, 0.05) is 5.56 Å². The third kappa shape index (κ3) is 2.82. The van der Waals surface area contributed by atoms with Gasteiger partial charge in [0.1, 0.15) is 5.75 Å². The van der Waals surface area contributed by atoms with Gasteiger partial charge in [-0.3, -0.25) is 0 Å². The van der Waals surface area contributed by atoms with Gasteiger partial charge in [-0.05, 0) is 43.3 Å². The van der Waals surface area contributed by atoms with Crippen molar-refractivity contribution in [1.82, 2.24) is 5.32 Å². The Kier molecular flexibility index (Phi) is 4.59. The number of fused-ring (bicyclic) bond motifs is 1. The molecule has 0 aromatic heterocycles. The molecule has 0 aliphatic rings. The van der Waals surface area contributed by atoms with E-state index in [1.807, 2.05) is 7.05 Å². The number of likely N-dealkylation sites (N-methyl/N-ethyl adjacent to an activating group) is 1. The number of ether oxygens (including phenoxy) is 1. The van der Waals surface area contributed by atoms with E-state index in [0.717, 1.165) is 31.7 Å². The van der Waals surface area contributed by atoms with E-state index < -0.39 is 0 Å². The first-order valence-electron chi connectivity index (χ1n) is 6.65. The Hall–Kier alpha value is -1.54. The highest BCUT2D eigenvalue weighted by molar-refractivity contribution is 5.87. The highest BCUT2D eigenvalue weighted by Gasteiger charge is 2.08. The number of benzene rings is 2. The molecular weight excluding hydrogens is 222 g/mol. The molecule has 0 saturated heterocycles. The normalized spacial score (nSPS) is 10.8. The first kappa shape index (κ1) is 12.9. The average Bonchev–Trinajstić information content (AvgIpc) is 2.43. The van der Waals surface area contributed by atoms with Crippen molar-refractivity contribution in [3.05, 3.63) is 42.0 Å². The average molecular weight is 243 g/mol. The van der Waals surface area contributed by atoms with Gasteiger partial charge in [-0.2, -0.15) is 0 Å². The van der Waals surface area contributed by atoms with E-state index in [2.05, 4.69) is 48.6 Å². The van der Waals surface area contributed by atoms with Crippen LogP contribution in [0.4, 0.5) is 0 Å². The van der Waals surface area contributed by atoms with E-state index in [-0.39, 0.29) is 0 Å². The van der Waals surface area contributed by atoms with Crippen molar-refractivity contribution in [2.75, 3.05) is 20.2 Å². The molecule has 2 aromatic rings. The second kappa shape index (κ2) is 6.41. The molecule has 0 fully saturated rings. The maximum Gasteiger partial charge on any atom is 0.123 e. The summed E-state index contributed by atoms with van der Waals surface area (Å²) in [7, 11) is 1.98. The minimum absolute atomic E-state index is 0.783. The zero-order valence-corrected chi connectivity index (χ0v) is 11.2. The Morgan fingerprint density at radius 1 is 1.11 bits per heavy atom. The lowest BCUT2D eigenvalue weighted by Gasteiger charge is -2.14. The van der Waals surface area contributed by atoms with Crippen molar-refractivity contribution in [3.8, 4) is 5.75 Å². The Bertz CT molecular complexity index is 507. The lowest BCUT2D eigenvalue weighted by molar-refractivity contribution is 0.314. The van der Waals surface area contributed by atoms with Crippen molar-refractivity contribution in [2.45, 2.75) is 19.8 Å². The first-order chi connectivity index (χ1) is 8.86. The summed E-state index contributed by atoms with van der Waals surface area (Å²) in [4.78, 5) is 0. The lowest BCUT2D eigenvalue weighted by atomic mass is 10.0. The van der Waals surface area contributed by atoms with Crippen LogP contribution in [-0.2, 0) is 6.42 Å². The van der Waals surface area contributed by atoms with Gasteiger partial charge in [0.25, 0.3) is 0 Å². The maximum absolute atomic E-state index is 5.86. The van der Waals surface area contributed by atoms with Crippen LogP contribution in [-0.4, -0.2) is 20.2 Å². The summed E-state index contributed by atoms with van der Waals surface area (Å²) in [6.45, 7) is 3.88. The molecule has 2 aromatic carbocycles. The summed E-state index contributed by atoms with van der Waals surface area (Å²) >= 11 is 0. The zero-order valence-electron chi connectivity index (χ0n) is 11.2. The van der Waals surface area contributed by atoms with E-state index >= 15 is 0 Å². The Morgan fingerprint density at radius 3 is 2.72 bits per heavy atom. The molecule has 0 bridgehead atoms. The fraction of sp³-hybridized carbons (Fsp3) is 0.375. The largest absolute Gasteiger partial charge is 0.493 e. The Balaban J connectivity index is 2.41. The maximum atomic E-state index is 5.86. The van der Waals surface area contributed by atoms with Crippen molar-refractivity contribution < 1.29 is 4.74 Å². The minimum atomic E-state index is 0.783. The molecule has 0 radical (unpaired) electrons. The van der Waals surface area contributed by atoms with Crippen LogP contribution >= 0.6 is 0 Å². The number of hydrogen-bond acceptors (Lipinski definition) is 2. The number of rotatable bonds is 6. The summed E-state index contributed by atoms with van der Waals surface area (Å²) in [5.74, 6) is 1.03. The van der Waals surface area contributed by atoms with Gasteiger partial charge in [0.2, 0.25) is 0 Å². The van der Waals surface area contributed by atoms with Crippen LogP contribution in [0.1, 0.15) is 18.9 Å². The predicted molar refractivity (Wildman–Crippen MR) is 77.4 cm³/mol. The van der Waals surface area contributed by atoms with Crippen LogP contribution in [0.15, 0.2) is 36.4 Å². The van der Waals surface area contributed by atoms with E-state index in [9.17, 15) is 0 Å². The standard InChI is InChI=1S/C16H21NO/c1-3-12-18-16-9-8-13-6-4-5-7-14(13)15(16)10-11-17-2/h4-9,17H,3,10-12H2,1-2H3.